The predicted octanol–water partition coefficient (Wildman–Crippen LogP) is 4.28. The van der Waals surface area contributed by atoms with Crippen LogP contribution in [0.5, 0.6) is 0 Å². The Labute approximate surface area is 114 Å². The summed E-state index contributed by atoms with van der Waals surface area (Å²) in [6.07, 6.45) is 3.74. The van der Waals surface area contributed by atoms with E-state index in [1.54, 1.807) is 6.92 Å². The number of nitrogens with zero attached hydrogens (tertiary/aromatic N) is 1. The van der Waals surface area contributed by atoms with Gasteiger partial charge in [0.1, 0.15) is 0 Å². The second-order valence-electron chi connectivity index (χ2n) is 5.71. The number of Topliss-reactive ketones (excluding diaryl/α,β-unsaturated/α-hetero) is 1. The molecule has 0 aliphatic heterocycles. The van der Waals surface area contributed by atoms with Gasteiger partial charge in [-0.15, -0.1) is 11.6 Å². The van der Waals surface area contributed by atoms with Crippen molar-refractivity contribution < 1.29 is 4.79 Å². The van der Waals surface area contributed by atoms with E-state index >= 15 is 0 Å². The number of hydrogen-bond donors (Lipinski definition) is 0. The number of alkyl halides is 1. The van der Waals surface area contributed by atoms with Crippen molar-refractivity contribution in [1.82, 2.24) is 4.57 Å². The van der Waals surface area contributed by atoms with Gasteiger partial charge in [0.2, 0.25) is 0 Å². The highest BCUT2D eigenvalue weighted by atomic mass is 35.5. The van der Waals surface area contributed by atoms with Gasteiger partial charge in [0.25, 0.3) is 0 Å². The molecular weight excluding hydrogens is 246 g/mol. The quantitative estimate of drug-likeness (QED) is 0.592. The standard InChI is InChI=1S/C15H22ClNO/c1-9-5-6-13(7-9)17-10(2)8-14(12(17)4)15(18)11(3)16/h8-9,11,13H,5-7H2,1-4H3. The van der Waals surface area contributed by atoms with E-state index in [9.17, 15) is 4.79 Å². The summed E-state index contributed by atoms with van der Waals surface area (Å²) in [4.78, 5) is 12.1. The van der Waals surface area contributed by atoms with Crippen molar-refractivity contribution in [2.24, 2.45) is 5.92 Å². The third-order valence-corrected chi connectivity index (χ3v) is 4.34. The molecule has 1 aromatic heterocycles. The average Bonchev–Trinajstić information content (AvgIpc) is 2.82. The summed E-state index contributed by atoms with van der Waals surface area (Å²) in [5.41, 5.74) is 3.07. The fourth-order valence-corrected chi connectivity index (χ4v) is 3.33. The Kier molecular flexibility index (Phi) is 3.86. The van der Waals surface area contributed by atoms with Crippen molar-refractivity contribution in [2.45, 2.75) is 58.4 Å². The van der Waals surface area contributed by atoms with Gasteiger partial charge in [-0.1, -0.05) is 6.92 Å². The fourth-order valence-electron chi connectivity index (χ4n) is 3.21. The van der Waals surface area contributed by atoms with Crippen LogP contribution in [0, 0.1) is 19.8 Å². The third kappa shape index (κ3) is 2.35. The SMILES string of the molecule is Cc1cc(C(=O)C(C)Cl)c(C)n1C1CCC(C)C1. The summed E-state index contributed by atoms with van der Waals surface area (Å²) in [5.74, 6) is 0.837. The van der Waals surface area contributed by atoms with Crippen LogP contribution in [0.2, 0.25) is 0 Å². The van der Waals surface area contributed by atoms with Crippen LogP contribution in [-0.2, 0) is 0 Å². The van der Waals surface area contributed by atoms with Gasteiger partial charge in [-0.25, -0.2) is 0 Å². The van der Waals surface area contributed by atoms with Gasteiger partial charge in [-0.05, 0) is 52.0 Å². The second kappa shape index (κ2) is 5.08. The van der Waals surface area contributed by atoms with Crippen LogP contribution in [0.15, 0.2) is 6.07 Å². The molecule has 0 amide bonds. The first-order chi connectivity index (χ1) is 8.41. The molecule has 3 unspecified atom stereocenters. The highest BCUT2D eigenvalue weighted by Gasteiger charge is 2.27. The van der Waals surface area contributed by atoms with Crippen molar-refractivity contribution in [3.8, 4) is 0 Å². The van der Waals surface area contributed by atoms with Crippen LogP contribution in [0.1, 0.15) is 60.9 Å². The minimum atomic E-state index is -0.443. The number of aryl methyl sites for hydroxylation is 1. The molecule has 1 heterocycles. The second-order valence-corrected chi connectivity index (χ2v) is 6.36. The topological polar surface area (TPSA) is 22.0 Å². The van der Waals surface area contributed by atoms with Crippen LogP contribution in [0.3, 0.4) is 0 Å². The van der Waals surface area contributed by atoms with Crippen LogP contribution < -0.4 is 0 Å². The Balaban J connectivity index is 2.35. The zero-order valence-corrected chi connectivity index (χ0v) is 12.4. The fraction of sp³-hybridized carbons (Fsp3) is 0.667. The van der Waals surface area contributed by atoms with Crippen LogP contribution >= 0.6 is 11.6 Å². The maximum absolute atomic E-state index is 12.1. The van der Waals surface area contributed by atoms with Gasteiger partial charge in [0, 0.05) is 23.0 Å². The van der Waals surface area contributed by atoms with Gasteiger partial charge >= 0.3 is 0 Å². The lowest BCUT2D eigenvalue weighted by atomic mass is 10.1. The van der Waals surface area contributed by atoms with E-state index in [-0.39, 0.29) is 5.78 Å². The first-order valence-corrected chi connectivity index (χ1v) is 7.22. The summed E-state index contributed by atoms with van der Waals surface area (Å²) < 4.78 is 2.34. The molecule has 100 valence electrons. The molecule has 18 heavy (non-hydrogen) atoms. The number of hydrogen-bond acceptors (Lipinski definition) is 1. The molecule has 1 fully saturated rings. The molecule has 1 aliphatic carbocycles. The van der Waals surface area contributed by atoms with Crippen LogP contribution in [0.25, 0.3) is 0 Å². The smallest absolute Gasteiger partial charge is 0.182 e. The van der Waals surface area contributed by atoms with Gasteiger partial charge in [-0.2, -0.15) is 0 Å². The molecule has 0 spiro atoms. The highest BCUT2D eigenvalue weighted by Crippen LogP contribution is 2.37. The molecule has 0 bridgehead atoms. The molecule has 1 aliphatic rings. The van der Waals surface area contributed by atoms with Crippen molar-refractivity contribution in [3.05, 3.63) is 23.0 Å². The van der Waals surface area contributed by atoms with Gasteiger partial charge in [-0.3, -0.25) is 4.79 Å². The molecule has 0 radical (unpaired) electrons. The monoisotopic (exact) mass is 267 g/mol. The Morgan fingerprint density at radius 1 is 1.44 bits per heavy atom. The maximum atomic E-state index is 12.1. The number of ketones is 1. The van der Waals surface area contributed by atoms with Gasteiger partial charge in [0.05, 0.1) is 5.38 Å². The lowest BCUT2D eigenvalue weighted by Gasteiger charge is -2.18. The van der Waals surface area contributed by atoms with Crippen LogP contribution in [-0.4, -0.2) is 15.7 Å². The van der Waals surface area contributed by atoms with Gasteiger partial charge in [0.15, 0.2) is 5.78 Å². The largest absolute Gasteiger partial charge is 0.345 e. The zero-order chi connectivity index (χ0) is 13.4. The van der Waals surface area contributed by atoms with E-state index in [2.05, 4.69) is 18.4 Å². The first kappa shape index (κ1) is 13.7. The molecule has 0 N–H and O–H groups in total. The normalized spacial score (nSPS) is 25.4. The average molecular weight is 268 g/mol. The summed E-state index contributed by atoms with van der Waals surface area (Å²) in [6.45, 7) is 8.18. The van der Waals surface area contributed by atoms with Gasteiger partial charge < -0.3 is 4.57 Å². The molecule has 1 saturated carbocycles. The zero-order valence-electron chi connectivity index (χ0n) is 11.7. The highest BCUT2D eigenvalue weighted by molar-refractivity contribution is 6.33. The molecule has 2 nitrogen and oxygen atoms in total. The predicted molar refractivity (Wildman–Crippen MR) is 75.6 cm³/mol. The number of carbonyl (C=O) groups is 1. The molecule has 0 aromatic carbocycles. The number of halogens is 1. The molecule has 3 atom stereocenters. The van der Waals surface area contributed by atoms with Crippen molar-refractivity contribution in [1.29, 1.82) is 0 Å². The minimum Gasteiger partial charge on any atom is -0.345 e. The van der Waals surface area contributed by atoms with E-state index in [1.807, 2.05) is 13.0 Å². The minimum absolute atomic E-state index is 0.0436. The van der Waals surface area contributed by atoms with Crippen molar-refractivity contribution in [3.63, 3.8) is 0 Å². The molecular formula is C15H22ClNO. The molecule has 3 heteroatoms. The summed E-state index contributed by atoms with van der Waals surface area (Å²) in [6, 6.07) is 2.56. The Hall–Kier alpha value is -0.760. The molecule has 2 rings (SSSR count). The Morgan fingerprint density at radius 2 is 2.11 bits per heavy atom. The summed E-state index contributed by atoms with van der Waals surface area (Å²) in [7, 11) is 0. The van der Waals surface area contributed by atoms with Crippen molar-refractivity contribution in [2.75, 3.05) is 0 Å². The molecule has 1 aromatic rings. The number of aromatic nitrogens is 1. The number of carbonyl (C=O) groups excluding carboxylic acids is 1. The lowest BCUT2D eigenvalue weighted by Crippen LogP contribution is -2.13. The lowest BCUT2D eigenvalue weighted by molar-refractivity contribution is 0.0991. The first-order valence-electron chi connectivity index (χ1n) is 6.78. The Bertz CT molecular complexity index is 461. The van der Waals surface area contributed by atoms with E-state index in [0.29, 0.717) is 6.04 Å². The van der Waals surface area contributed by atoms with E-state index in [4.69, 9.17) is 11.6 Å². The number of rotatable bonds is 3. The van der Waals surface area contributed by atoms with E-state index in [1.165, 1.54) is 25.0 Å². The third-order valence-electron chi connectivity index (χ3n) is 4.14. The Morgan fingerprint density at radius 3 is 2.61 bits per heavy atom. The van der Waals surface area contributed by atoms with E-state index < -0.39 is 5.38 Å². The van der Waals surface area contributed by atoms with Crippen LogP contribution in [0.4, 0.5) is 0 Å². The maximum Gasteiger partial charge on any atom is 0.182 e. The summed E-state index contributed by atoms with van der Waals surface area (Å²) >= 11 is 5.92. The summed E-state index contributed by atoms with van der Waals surface area (Å²) in [5, 5.41) is -0.443. The van der Waals surface area contributed by atoms with Crippen molar-refractivity contribution >= 4 is 17.4 Å². The molecule has 0 saturated heterocycles. The van der Waals surface area contributed by atoms with E-state index in [0.717, 1.165) is 17.2 Å².